The zero-order valence-electron chi connectivity index (χ0n) is 17.1. The summed E-state index contributed by atoms with van der Waals surface area (Å²) in [5, 5.41) is 2.74. The molecule has 10 nitrogen and oxygen atoms in total. The summed E-state index contributed by atoms with van der Waals surface area (Å²) in [6, 6.07) is 12.7. The number of ether oxygens (including phenoxy) is 1. The molecule has 5 rings (SSSR count). The number of rotatable bonds is 4. The van der Waals surface area contributed by atoms with Crippen LogP contribution in [0.3, 0.4) is 0 Å². The van der Waals surface area contributed by atoms with Gasteiger partial charge in [-0.3, -0.25) is 23.8 Å². The van der Waals surface area contributed by atoms with E-state index < -0.39 is 23.6 Å². The van der Waals surface area contributed by atoms with E-state index in [4.69, 9.17) is 4.74 Å². The van der Waals surface area contributed by atoms with Crippen LogP contribution in [0.25, 0.3) is 5.65 Å². The molecule has 1 aromatic carbocycles. The van der Waals surface area contributed by atoms with Crippen molar-refractivity contribution in [1.82, 2.24) is 19.6 Å². The van der Waals surface area contributed by atoms with Crippen molar-refractivity contribution in [3.8, 4) is 0 Å². The van der Waals surface area contributed by atoms with E-state index >= 15 is 0 Å². The maximum absolute atomic E-state index is 13.3. The number of carbonyl (C=O) groups is 3. The van der Waals surface area contributed by atoms with Crippen molar-refractivity contribution in [2.45, 2.75) is 19.0 Å². The molecule has 0 saturated carbocycles. The van der Waals surface area contributed by atoms with Gasteiger partial charge < -0.3 is 10.1 Å². The highest BCUT2D eigenvalue weighted by Crippen LogP contribution is 2.32. The molecule has 32 heavy (non-hydrogen) atoms. The quantitative estimate of drug-likeness (QED) is 0.626. The average Bonchev–Trinajstić information content (AvgIpc) is 3.31. The van der Waals surface area contributed by atoms with E-state index in [1.54, 1.807) is 55.6 Å². The summed E-state index contributed by atoms with van der Waals surface area (Å²) >= 11 is 0. The summed E-state index contributed by atoms with van der Waals surface area (Å²) in [5.74, 6) is -0.473. The molecule has 10 heteroatoms. The van der Waals surface area contributed by atoms with Gasteiger partial charge in [0.15, 0.2) is 0 Å². The van der Waals surface area contributed by atoms with Crippen molar-refractivity contribution in [3.63, 3.8) is 0 Å². The number of aromatic nitrogens is 2. The molecule has 2 fully saturated rings. The Morgan fingerprint density at radius 2 is 1.94 bits per heavy atom. The molecule has 0 radical (unpaired) electrons. The smallest absolute Gasteiger partial charge is 0.414 e. The molecular formula is C22H19N5O5. The SMILES string of the molecule is C[C@]1(c2cccc(N3CCOC3=O)c2)NC(=O)N(Cc2cc(=O)n3ccccc3n2)C1=O. The second-order valence-electron chi connectivity index (χ2n) is 7.78. The van der Waals surface area contributed by atoms with Gasteiger partial charge in [-0.25, -0.2) is 14.6 Å². The molecule has 1 atom stereocenters. The first-order chi connectivity index (χ1) is 15.4. The van der Waals surface area contributed by atoms with E-state index in [9.17, 15) is 19.2 Å². The first-order valence-corrected chi connectivity index (χ1v) is 10.0. The normalized spacial score (nSPS) is 20.7. The van der Waals surface area contributed by atoms with Crippen LogP contribution in [0, 0.1) is 0 Å². The van der Waals surface area contributed by atoms with Crippen LogP contribution in [0.1, 0.15) is 18.2 Å². The Balaban J connectivity index is 1.45. The number of urea groups is 1. The van der Waals surface area contributed by atoms with Crippen LogP contribution in [0.5, 0.6) is 0 Å². The third-order valence-corrected chi connectivity index (χ3v) is 5.72. The predicted octanol–water partition coefficient (Wildman–Crippen LogP) is 1.62. The molecule has 0 bridgehead atoms. The lowest BCUT2D eigenvalue weighted by atomic mass is 9.91. The van der Waals surface area contributed by atoms with Crippen LogP contribution in [-0.4, -0.2) is 45.5 Å². The van der Waals surface area contributed by atoms with Crippen molar-refractivity contribution >= 4 is 29.4 Å². The molecule has 4 heterocycles. The molecule has 4 amide bonds. The van der Waals surface area contributed by atoms with Gasteiger partial charge in [0.25, 0.3) is 11.5 Å². The number of anilines is 1. The minimum atomic E-state index is -1.33. The van der Waals surface area contributed by atoms with Gasteiger partial charge in [0.05, 0.1) is 18.8 Å². The second-order valence-corrected chi connectivity index (χ2v) is 7.78. The van der Waals surface area contributed by atoms with Crippen LogP contribution < -0.4 is 15.8 Å². The zero-order valence-corrected chi connectivity index (χ0v) is 17.1. The Bertz CT molecular complexity index is 1340. The number of hydrogen-bond acceptors (Lipinski definition) is 6. The number of amides is 4. The minimum Gasteiger partial charge on any atom is -0.447 e. The van der Waals surface area contributed by atoms with Gasteiger partial charge >= 0.3 is 12.1 Å². The highest BCUT2D eigenvalue weighted by molar-refractivity contribution is 6.07. The third kappa shape index (κ3) is 3.08. The zero-order chi connectivity index (χ0) is 22.5. The summed E-state index contributed by atoms with van der Waals surface area (Å²) in [6.07, 6.45) is 1.15. The Morgan fingerprint density at radius 3 is 2.72 bits per heavy atom. The number of pyridine rings is 1. The minimum absolute atomic E-state index is 0.140. The summed E-state index contributed by atoms with van der Waals surface area (Å²) in [5.41, 5.74) is 0.212. The highest BCUT2D eigenvalue weighted by atomic mass is 16.6. The van der Waals surface area contributed by atoms with Crippen molar-refractivity contribution in [3.05, 3.63) is 76.3 Å². The van der Waals surface area contributed by atoms with E-state index in [1.165, 1.54) is 15.4 Å². The van der Waals surface area contributed by atoms with Gasteiger partial charge in [-0.1, -0.05) is 18.2 Å². The standard InChI is InChI=1S/C22H19N5O5/c1-22(14-5-4-6-16(11-14)25-9-10-32-21(25)31)19(29)27(20(30)24-22)13-15-12-18(28)26-8-3-2-7-17(26)23-15/h2-8,11-12H,9-10,13H2,1H3,(H,24,30)/t22-/m1/s1. The summed E-state index contributed by atoms with van der Waals surface area (Å²) < 4.78 is 6.36. The molecule has 3 aromatic rings. The monoisotopic (exact) mass is 433 g/mol. The van der Waals surface area contributed by atoms with E-state index in [0.717, 1.165) is 4.90 Å². The second kappa shape index (κ2) is 7.19. The maximum Gasteiger partial charge on any atom is 0.414 e. The maximum atomic E-state index is 13.3. The molecule has 2 aliphatic heterocycles. The van der Waals surface area contributed by atoms with E-state index in [2.05, 4.69) is 10.3 Å². The number of fused-ring (bicyclic) bond motifs is 1. The molecular weight excluding hydrogens is 414 g/mol. The summed E-state index contributed by atoms with van der Waals surface area (Å²) in [6.45, 7) is 2.17. The number of nitrogens with one attached hydrogen (secondary N) is 1. The van der Waals surface area contributed by atoms with E-state index in [0.29, 0.717) is 35.7 Å². The first-order valence-electron chi connectivity index (χ1n) is 10.0. The molecule has 2 aliphatic rings. The van der Waals surface area contributed by atoms with Gasteiger partial charge in [0.2, 0.25) is 0 Å². The Morgan fingerprint density at radius 1 is 1.09 bits per heavy atom. The van der Waals surface area contributed by atoms with Gasteiger partial charge in [0, 0.05) is 18.0 Å². The molecule has 2 saturated heterocycles. The lowest BCUT2D eigenvalue weighted by molar-refractivity contribution is -0.131. The molecule has 2 aromatic heterocycles. The van der Waals surface area contributed by atoms with Crippen molar-refractivity contribution in [2.24, 2.45) is 0 Å². The van der Waals surface area contributed by atoms with Gasteiger partial charge in [-0.15, -0.1) is 0 Å². The number of cyclic esters (lactones) is 1. The van der Waals surface area contributed by atoms with Crippen LogP contribution >= 0.6 is 0 Å². The van der Waals surface area contributed by atoms with E-state index in [-0.39, 0.29) is 12.1 Å². The van der Waals surface area contributed by atoms with Crippen molar-refractivity contribution in [2.75, 3.05) is 18.1 Å². The Kier molecular flexibility index (Phi) is 4.43. The number of imide groups is 1. The first kappa shape index (κ1) is 19.7. The Hall–Kier alpha value is -4.21. The largest absolute Gasteiger partial charge is 0.447 e. The fourth-order valence-corrected chi connectivity index (χ4v) is 3.99. The summed E-state index contributed by atoms with van der Waals surface area (Å²) in [4.78, 5) is 57.2. The molecule has 0 unspecified atom stereocenters. The lowest BCUT2D eigenvalue weighted by Crippen LogP contribution is -2.41. The van der Waals surface area contributed by atoms with Gasteiger partial charge in [-0.05, 0) is 36.8 Å². The number of benzene rings is 1. The average molecular weight is 433 g/mol. The van der Waals surface area contributed by atoms with Crippen molar-refractivity contribution < 1.29 is 19.1 Å². The van der Waals surface area contributed by atoms with Gasteiger partial charge in [-0.2, -0.15) is 0 Å². The highest BCUT2D eigenvalue weighted by Gasteiger charge is 2.49. The molecule has 1 N–H and O–H groups in total. The number of hydrogen-bond donors (Lipinski definition) is 1. The predicted molar refractivity (Wildman–Crippen MR) is 113 cm³/mol. The Labute approximate surface area is 182 Å². The van der Waals surface area contributed by atoms with Gasteiger partial charge in [0.1, 0.15) is 17.8 Å². The third-order valence-electron chi connectivity index (χ3n) is 5.72. The summed E-state index contributed by atoms with van der Waals surface area (Å²) in [7, 11) is 0. The van der Waals surface area contributed by atoms with Crippen LogP contribution in [0.15, 0.2) is 59.5 Å². The topological polar surface area (TPSA) is 113 Å². The molecule has 0 spiro atoms. The molecule has 0 aliphatic carbocycles. The lowest BCUT2D eigenvalue weighted by Gasteiger charge is -2.24. The van der Waals surface area contributed by atoms with E-state index in [1.807, 2.05) is 0 Å². The van der Waals surface area contributed by atoms with Crippen molar-refractivity contribution in [1.29, 1.82) is 0 Å². The fourth-order valence-electron chi connectivity index (χ4n) is 3.99. The van der Waals surface area contributed by atoms with Crippen LogP contribution in [0.4, 0.5) is 15.3 Å². The number of nitrogens with zero attached hydrogens (tertiary/aromatic N) is 4. The number of carbonyl (C=O) groups excluding carboxylic acids is 3. The molecule has 162 valence electrons. The fraction of sp³-hybridized carbons (Fsp3) is 0.227. The van der Waals surface area contributed by atoms with Crippen LogP contribution in [-0.2, 0) is 21.6 Å². The van der Waals surface area contributed by atoms with Crippen LogP contribution in [0.2, 0.25) is 0 Å².